The quantitative estimate of drug-likeness (QED) is 0.777. The molecule has 0 saturated heterocycles. The topological polar surface area (TPSA) is 12.0 Å². The molecule has 1 nitrogen and oxygen atoms in total. The largest absolute Gasteiger partial charge is 0.310 e. The summed E-state index contributed by atoms with van der Waals surface area (Å²) in [7, 11) is 0. The zero-order valence-electron chi connectivity index (χ0n) is 11.8. The summed E-state index contributed by atoms with van der Waals surface area (Å²) in [6.45, 7) is 5.59. The maximum absolute atomic E-state index is 6.26. The van der Waals surface area contributed by atoms with E-state index < -0.39 is 0 Å². The Bertz CT molecular complexity index is 411. The summed E-state index contributed by atoms with van der Waals surface area (Å²) in [6, 6.07) is 6.10. The van der Waals surface area contributed by atoms with Gasteiger partial charge in [0, 0.05) is 6.04 Å². The lowest BCUT2D eigenvalue weighted by Gasteiger charge is -2.28. The van der Waals surface area contributed by atoms with Gasteiger partial charge in [0.1, 0.15) is 0 Å². The normalized spacial score (nSPS) is 25.3. The minimum atomic E-state index is 0.255. The van der Waals surface area contributed by atoms with Crippen LogP contribution in [0.5, 0.6) is 0 Å². The van der Waals surface area contributed by atoms with E-state index in [-0.39, 0.29) is 6.04 Å². The van der Waals surface area contributed by atoms with E-state index >= 15 is 0 Å². The van der Waals surface area contributed by atoms with Gasteiger partial charge in [0.25, 0.3) is 0 Å². The van der Waals surface area contributed by atoms with Crippen LogP contribution in [0.1, 0.15) is 51.1 Å². The number of nitrogens with one attached hydrogen (secondary N) is 1. The summed E-state index contributed by atoms with van der Waals surface area (Å²) in [5.41, 5.74) is 1.10. The Morgan fingerprint density at radius 1 is 1.21 bits per heavy atom. The third-order valence-electron chi connectivity index (χ3n) is 4.30. The summed E-state index contributed by atoms with van der Waals surface area (Å²) in [6.07, 6.45) is 5.45. The van der Waals surface area contributed by atoms with Crippen LogP contribution in [0.4, 0.5) is 0 Å². The fourth-order valence-corrected chi connectivity index (χ4v) is 3.31. The molecule has 1 aromatic carbocycles. The van der Waals surface area contributed by atoms with Crippen LogP contribution in [0.2, 0.25) is 10.0 Å². The second-order valence-electron chi connectivity index (χ2n) is 5.90. The van der Waals surface area contributed by atoms with Gasteiger partial charge in [0.15, 0.2) is 0 Å². The van der Waals surface area contributed by atoms with Crippen molar-refractivity contribution in [2.24, 2.45) is 11.8 Å². The van der Waals surface area contributed by atoms with Crippen LogP contribution in [0, 0.1) is 11.8 Å². The van der Waals surface area contributed by atoms with E-state index in [1.807, 2.05) is 12.1 Å². The van der Waals surface area contributed by atoms with Crippen LogP contribution in [0.3, 0.4) is 0 Å². The molecular weight excluding hydrogens is 277 g/mol. The Morgan fingerprint density at radius 2 is 1.89 bits per heavy atom. The number of rotatable bonds is 4. The minimum absolute atomic E-state index is 0.255. The molecule has 1 unspecified atom stereocenters. The van der Waals surface area contributed by atoms with Gasteiger partial charge in [-0.1, -0.05) is 55.1 Å². The third kappa shape index (κ3) is 4.11. The Kier molecular flexibility index (Phi) is 5.56. The van der Waals surface area contributed by atoms with Gasteiger partial charge in [-0.3, -0.25) is 0 Å². The molecule has 0 bridgehead atoms. The maximum atomic E-state index is 6.26. The van der Waals surface area contributed by atoms with Crippen LogP contribution in [0.25, 0.3) is 0 Å². The smallest absolute Gasteiger partial charge is 0.0639 e. The molecule has 1 fully saturated rings. The van der Waals surface area contributed by atoms with Crippen molar-refractivity contribution in [3.63, 3.8) is 0 Å². The third-order valence-corrected chi connectivity index (χ3v) is 5.13. The average Bonchev–Trinajstić information content (AvgIpc) is 2.41. The van der Waals surface area contributed by atoms with E-state index in [4.69, 9.17) is 23.2 Å². The lowest BCUT2D eigenvalue weighted by atomic mass is 9.83. The predicted octanol–water partition coefficient (Wildman–Crippen LogP) is 5.47. The first-order valence-electron chi connectivity index (χ1n) is 7.25. The first kappa shape index (κ1) is 15.2. The van der Waals surface area contributed by atoms with E-state index in [1.165, 1.54) is 25.7 Å². The fraction of sp³-hybridized carbons (Fsp3) is 0.625. The number of benzene rings is 1. The molecule has 19 heavy (non-hydrogen) atoms. The highest BCUT2D eigenvalue weighted by molar-refractivity contribution is 6.42. The van der Waals surface area contributed by atoms with Gasteiger partial charge in [0.2, 0.25) is 0 Å². The molecule has 0 aliphatic heterocycles. The Labute approximate surface area is 126 Å². The monoisotopic (exact) mass is 299 g/mol. The molecule has 0 spiro atoms. The molecule has 0 radical (unpaired) electrons. The van der Waals surface area contributed by atoms with E-state index in [9.17, 15) is 0 Å². The van der Waals surface area contributed by atoms with Crippen molar-refractivity contribution >= 4 is 23.2 Å². The highest BCUT2D eigenvalue weighted by Gasteiger charge is 2.19. The summed E-state index contributed by atoms with van der Waals surface area (Å²) < 4.78 is 0. The predicted molar refractivity (Wildman–Crippen MR) is 84.0 cm³/mol. The average molecular weight is 300 g/mol. The lowest BCUT2D eigenvalue weighted by Crippen LogP contribution is -2.28. The Balaban J connectivity index is 1.87. The van der Waals surface area contributed by atoms with Crippen LogP contribution in [0.15, 0.2) is 18.2 Å². The fourth-order valence-electron chi connectivity index (χ4n) is 2.84. The number of hydrogen-bond acceptors (Lipinski definition) is 1. The van der Waals surface area contributed by atoms with Gasteiger partial charge in [-0.15, -0.1) is 0 Å². The molecule has 0 amide bonds. The van der Waals surface area contributed by atoms with Gasteiger partial charge in [-0.2, -0.15) is 0 Å². The van der Waals surface area contributed by atoms with Crippen molar-refractivity contribution in [2.45, 2.75) is 45.6 Å². The molecule has 106 valence electrons. The van der Waals surface area contributed by atoms with Crippen molar-refractivity contribution in [1.82, 2.24) is 5.32 Å². The second kappa shape index (κ2) is 6.97. The number of halogens is 2. The SMILES string of the molecule is CC1CCC(CNC(C)c2cccc(Cl)c2Cl)CC1. The summed E-state index contributed by atoms with van der Waals surface area (Å²) in [4.78, 5) is 0. The molecule has 1 aliphatic carbocycles. The van der Waals surface area contributed by atoms with E-state index in [0.29, 0.717) is 10.0 Å². The molecule has 1 N–H and O–H groups in total. The van der Waals surface area contributed by atoms with Crippen molar-refractivity contribution < 1.29 is 0 Å². The molecular formula is C16H23Cl2N. The van der Waals surface area contributed by atoms with E-state index in [1.54, 1.807) is 0 Å². The molecule has 3 heteroatoms. The molecule has 2 rings (SSSR count). The Morgan fingerprint density at radius 3 is 2.58 bits per heavy atom. The molecule has 0 heterocycles. The van der Waals surface area contributed by atoms with Gasteiger partial charge >= 0.3 is 0 Å². The van der Waals surface area contributed by atoms with Crippen LogP contribution < -0.4 is 5.32 Å². The van der Waals surface area contributed by atoms with Gasteiger partial charge in [-0.05, 0) is 49.8 Å². The van der Waals surface area contributed by atoms with Gasteiger partial charge < -0.3 is 5.32 Å². The Hall–Kier alpha value is -0.240. The second-order valence-corrected chi connectivity index (χ2v) is 6.68. The van der Waals surface area contributed by atoms with Gasteiger partial charge in [0.05, 0.1) is 10.0 Å². The van der Waals surface area contributed by atoms with Crippen LogP contribution in [-0.2, 0) is 0 Å². The molecule has 1 aliphatic rings. The highest BCUT2D eigenvalue weighted by atomic mass is 35.5. The molecule has 1 aromatic rings. The van der Waals surface area contributed by atoms with E-state index in [2.05, 4.69) is 25.2 Å². The van der Waals surface area contributed by atoms with Gasteiger partial charge in [-0.25, -0.2) is 0 Å². The van der Waals surface area contributed by atoms with Crippen molar-refractivity contribution in [3.05, 3.63) is 33.8 Å². The molecule has 0 aromatic heterocycles. The molecule has 1 atom stereocenters. The van der Waals surface area contributed by atoms with E-state index in [0.717, 1.165) is 23.9 Å². The summed E-state index contributed by atoms with van der Waals surface area (Å²) in [5.74, 6) is 1.73. The maximum Gasteiger partial charge on any atom is 0.0639 e. The standard InChI is InChI=1S/C16H23Cl2N/c1-11-6-8-13(9-7-11)10-19-12(2)14-4-3-5-15(17)16(14)18/h3-5,11-13,19H,6-10H2,1-2H3. The number of hydrogen-bond donors (Lipinski definition) is 1. The first-order chi connectivity index (χ1) is 9.08. The molecule has 1 saturated carbocycles. The first-order valence-corrected chi connectivity index (χ1v) is 8.00. The summed E-state index contributed by atoms with van der Waals surface area (Å²) >= 11 is 12.3. The van der Waals surface area contributed by atoms with Crippen molar-refractivity contribution in [3.8, 4) is 0 Å². The van der Waals surface area contributed by atoms with Crippen LogP contribution >= 0.6 is 23.2 Å². The van der Waals surface area contributed by atoms with Crippen molar-refractivity contribution in [2.75, 3.05) is 6.54 Å². The zero-order chi connectivity index (χ0) is 13.8. The highest BCUT2D eigenvalue weighted by Crippen LogP contribution is 2.31. The van der Waals surface area contributed by atoms with Crippen LogP contribution in [-0.4, -0.2) is 6.54 Å². The summed E-state index contributed by atoms with van der Waals surface area (Å²) in [5, 5.41) is 4.93. The van der Waals surface area contributed by atoms with Crippen molar-refractivity contribution in [1.29, 1.82) is 0 Å². The zero-order valence-corrected chi connectivity index (χ0v) is 13.3. The minimum Gasteiger partial charge on any atom is -0.310 e. The lowest BCUT2D eigenvalue weighted by molar-refractivity contribution is 0.276.